The Hall–Kier alpha value is -2.09. The highest BCUT2D eigenvalue weighted by Crippen LogP contribution is 2.53. The smallest absolute Gasteiger partial charge is 0.207 e. The van der Waals surface area contributed by atoms with Crippen LogP contribution < -0.4 is 20.1 Å². The maximum absolute atomic E-state index is 2.75. The van der Waals surface area contributed by atoms with E-state index in [0.29, 0.717) is 0 Å². The molecule has 0 unspecified atom stereocenters. The summed E-state index contributed by atoms with van der Waals surface area (Å²) < 4.78 is 2.75. The molecular formula is C35H47N2+. The van der Waals surface area contributed by atoms with Gasteiger partial charge in [-0.25, -0.2) is 4.58 Å². The Bertz CT molecular complexity index is 1510. The Kier molecular flexibility index (Phi) is 4.60. The summed E-state index contributed by atoms with van der Waals surface area (Å²) in [5, 5.41) is 3.16. The molecule has 0 amide bonds. The van der Waals surface area contributed by atoms with Gasteiger partial charge in [0, 0.05) is 53.6 Å². The van der Waals surface area contributed by atoms with Crippen LogP contribution in [0.1, 0.15) is 127 Å². The summed E-state index contributed by atoms with van der Waals surface area (Å²) in [6, 6.07) is 5.29. The summed E-state index contributed by atoms with van der Waals surface area (Å²) in [5.41, 5.74) is 15.4. The zero-order valence-electron chi connectivity index (χ0n) is 24.9. The number of nitrogens with zero attached hydrogens (tertiary/aromatic N) is 2. The second-order valence-corrected chi connectivity index (χ2v) is 15.7. The Morgan fingerprint density at radius 2 is 1.27 bits per heavy atom. The highest BCUT2D eigenvalue weighted by molar-refractivity contribution is 5.81. The summed E-state index contributed by atoms with van der Waals surface area (Å²) in [4.78, 5) is 2.75. The molecule has 0 bridgehead atoms. The zero-order valence-corrected chi connectivity index (χ0v) is 24.9. The van der Waals surface area contributed by atoms with E-state index in [1.807, 2.05) is 0 Å². The van der Waals surface area contributed by atoms with E-state index < -0.39 is 0 Å². The standard InChI is InChI=1S/C35H47N2/c1-21-22-19-26-30-28(34(6,7)12-16-36(30)14-10-32(26,2)3)24(22)18-25-23(21)20-27-31-29(25)35(8,9)13-17-37(31)15-11-33(27,4)5/h19-20H,10-18H2,1-9H3/q+1. The van der Waals surface area contributed by atoms with Crippen LogP contribution in [0.4, 0.5) is 5.69 Å². The molecule has 0 saturated carbocycles. The topological polar surface area (TPSA) is 6.25 Å². The van der Waals surface area contributed by atoms with Gasteiger partial charge in [0.1, 0.15) is 13.1 Å². The second-order valence-electron chi connectivity index (χ2n) is 15.7. The Morgan fingerprint density at radius 1 is 0.676 bits per heavy atom. The van der Waals surface area contributed by atoms with Gasteiger partial charge >= 0.3 is 0 Å². The fourth-order valence-electron chi connectivity index (χ4n) is 8.78. The Labute approximate surface area is 224 Å². The normalized spacial score (nSPS) is 25.2. The molecule has 0 atom stereocenters. The van der Waals surface area contributed by atoms with E-state index in [1.165, 1.54) is 57.4 Å². The summed E-state index contributed by atoms with van der Waals surface area (Å²) in [6.07, 6.45) is 6.12. The monoisotopic (exact) mass is 495 g/mol. The molecule has 37 heavy (non-hydrogen) atoms. The van der Waals surface area contributed by atoms with Crippen LogP contribution in [0.5, 0.6) is 0 Å². The van der Waals surface area contributed by atoms with Crippen molar-refractivity contribution in [3.05, 3.63) is 61.7 Å². The molecule has 2 aromatic carbocycles. The molecule has 0 radical (unpaired) electrons. The molecule has 1 aliphatic carbocycles. The van der Waals surface area contributed by atoms with Crippen molar-refractivity contribution in [1.29, 1.82) is 0 Å². The second kappa shape index (κ2) is 7.10. The third-order valence-electron chi connectivity index (χ3n) is 11.4. The van der Waals surface area contributed by atoms with E-state index in [4.69, 9.17) is 0 Å². The van der Waals surface area contributed by atoms with Crippen LogP contribution in [0.2, 0.25) is 0 Å². The van der Waals surface area contributed by atoms with Crippen LogP contribution in [-0.2, 0) is 28.1 Å². The van der Waals surface area contributed by atoms with Crippen molar-refractivity contribution < 1.29 is 0 Å². The summed E-state index contributed by atoms with van der Waals surface area (Å²) >= 11 is 0. The molecule has 196 valence electrons. The minimum atomic E-state index is 0.214. The predicted molar refractivity (Wildman–Crippen MR) is 157 cm³/mol. The molecule has 5 aliphatic rings. The van der Waals surface area contributed by atoms with Crippen molar-refractivity contribution in [1.82, 2.24) is 4.58 Å². The van der Waals surface area contributed by atoms with Crippen molar-refractivity contribution >= 4 is 11.3 Å². The van der Waals surface area contributed by atoms with E-state index in [1.54, 1.807) is 55.2 Å². The largest absolute Gasteiger partial charge is 0.371 e. The van der Waals surface area contributed by atoms with Crippen LogP contribution in [0.3, 0.4) is 0 Å². The first kappa shape index (κ1) is 24.0. The molecule has 4 heterocycles. The predicted octanol–water partition coefficient (Wildman–Crippen LogP) is 5.83. The highest BCUT2D eigenvalue weighted by atomic mass is 15.2. The van der Waals surface area contributed by atoms with Crippen LogP contribution in [0, 0.1) is 0 Å². The first-order valence-corrected chi connectivity index (χ1v) is 15.0. The summed E-state index contributed by atoms with van der Waals surface area (Å²) in [7, 11) is 0. The minimum Gasteiger partial charge on any atom is -0.371 e. The minimum absolute atomic E-state index is 0.214. The fourth-order valence-corrected chi connectivity index (χ4v) is 8.78. The lowest BCUT2D eigenvalue weighted by Gasteiger charge is -2.50. The van der Waals surface area contributed by atoms with Crippen molar-refractivity contribution in [3.8, 4) is 0 Å². The van der Waals surface area contributed by atoms with Gasteiger partial charge in [0.2, 0.25) is 5.36 Å². The number of anilines is 1. The van der Waals surface area contributed by atoms with Crippen molar-refractivity contribution in [2.24, 2.45) is 0 Å². The third kappa shape index (κ3) is 3.08. The van der Waals surface area contributed by atoms with E-state index >= 15 is 0 Å². The van der Waals surface area contributed by atoms with Gasteiger partial charge in [0.15, 0.2) is 0 Å². The van der Waals surface area contributed by atoms with Gasteiger partial charge in [0.25, 0.3) is 0 Å². The van der Waals surface area contributed by atoms with E-state index in [2.05, 4.69) is 83.9 Å². The molecule has 0 saturated heterocycles. The quantitative estimate of drug-likeness (QED) is 0.417. The third-order valence-corrected chi connectivity index (χ3v) is 11.4. The maximum atomic E-state index is 2.75. The number of fused-ring (bicyclic) bond motifs is 4. The molecule has 2 heteroatoms. The van der Waals surface area contributed by atoms with E-state index in [9.17, 15) is 0 Å². The van der Waals surface area contributed by atoms with Gasteiger partial charge in [-0.2, -0.15) is 0 Å². The first-order chi connectivity index (χ1) is 17.2. The lowest BCUT2D eigenvalue weighted by atomic mass is 9.64. The molecule has 2 aromatic rings. The van der Waals surface area contributed by atoms with Gasteiger partial charge in [0.05, 0.1) is 0 Å². The molecule has 0 aromatic heterocycles. The van der Waals surface area contributed by atoms with Crippen molar-refractivity contribution in [2.75, 3.05) is 31.1 Å². The Balaban J connectivity index is 1.64. The van der Waals surface area contributed by atoms with Crippen molar-refractivity contribution in [3.63, 3.8) is 0 Å². The Morgan fingerprint density at radius 3 is 1.97 bits per heavy atom. The summed E-state index contributed by atoms with van der Waals surface area (Å²) in [6.45, 7) is 27.3. The van der Waals surface area contributed by atoms with Gasteiger partial charge in [-0.1, -0.05) is 55.4 Å². The fraction of sp³-hybridized carbons (Fsp3) is 0.629. The molecule has 2 nitrogen and oxygen atoms in total. The lowest BCUT2D eigenvalue weighted by Crippen LogP contribution is -2.55. The van der Waals surface area contributed by atoms with Gasteiger partial charge in [-0.05, 0) is 87.8 Å². The number of hydrogen-bond donors (Lipinski definition) is 0. The zero-order chi connectivity index (χ0) is 26.3. The van der Waals surface area contributed by atoms with Gasteiger partial charge < -0.3 is 4.90 Å². The lowest BCUT2D eigenvalue weighted by molar-refractivity contribution is 0.328. The number of hydrogen-bond acceptors (Lipinski definition) is 1. The molecule has 0 N–H and O–H groups in total. The molecule has 0 fully saturated rings. The molecular weight excluding hydrogens is 448 g/mol. The van der Waals surface area contributed by atoms with Crippen LogP contribution in [0.25, 0.3) is 5.57 Å². The van der Waals surface area contributed by atoms with E-state index in [-0.39, 0.29) is 21.7 Å². The molecule has 0 spiro atoms. The van der Waals surface area contributed by atoms with Crippen molar-refractivity contribution in [2.45, 2.75) is 116 Å². The average molecular weight is 496 g/mol. The molecule has 7 rings (SSSR count). The van der Waals surface area contributed by atoms with Crippen LogP contribution >= 0.6 is 0 Å². The first-order valence-electron chi connectivity index (χ1n) is 15.0. The summed E-state index contributed by atoms with van der Waals surface area (Å²) in [5.74, 6) is 0. The van der Waals surface area contributed by atoms with E-state index in [0.717, 1.165) is 6.42 Å². The maximum Gasteiger partial charge on any atom is 0.207 e. The highest BCUT2D eigenvalue weighted by Gasteiger charge is 2.46. The number of rotatable bonds is 0. The number of benzene rings is 2. The SMILES string of the molecule is CC1=c2cc3c4c(c2Cc2c1cc1c5c2C(C)(C)CCN5CCC1(C)C)C(C)(C)CC[N+]=4CCC3(C)C. The average Bonchev–Trinajstić information content (AvgIpc) is 2.80. The van der Waals surface area contributed by atoms with Crippen LogP contribution in [-0.4, -0.2) is 26.2 Å². The van der Waals surface area contributed by atoms with Crippen LogP contribution in [0.15, 0.2) is 12.1 Å². The molecule has 4 aliphatic heterocycles. The van der Waals surface area contributed by atoms with Gasteiger partial charge in [-0.15, -0.1) is 0 Å². The van der Waals surface area contributed by atoms with Gasteiger partial charge in [-0.3, -0.25) is 0 Å².